The number of likely N-dealkylation sites (tertiary alicyclic amines) is 1. The van der Waals surface area contributed by atoms with Crippen molar-refractivity contribution in [2.75, 3.05) is 33.4 Å². The Morgan fingerprint density at radius 1 is 1.20 bits per heavy atom. The molecule has 25 heavy (non-hydrogen) atoms. The molecule has 1 aromatic carbocycles. The second-order valence-corrected chi connectivity index (χ2v) is 6.66. The van der Waals surface area contributed by atoms with Gasteiger partial charge in [0.25, 0.3) is 5.91 Å². The molecule has 0 aliphatic carbocycles. The Morgan fingerprint density at radius 3 is 2.60 bits per heavy atom. The van der Waals surface area contributed by atoms with E-state index in [0.717, 1.165) is 29.5 Å². The first-order valence-corrected chi connectivity index (χ1v) is 8.77. The average Bonchev–Trinajstić information content (AvgIpc) is 3.30. The zero-order chi connectivity index (χ0) is 17.4. The lowest BCUT2D eigenvalue weighted by Crippen LogP contribution is -2.41. The topological polar surface area (TPSA) is 61.1 Å². The van der Waals surface area contributed by atoms with E-state index in [-0.39, 0.29) is 12.2 Å². The summed E-state index contributed by atoms with van der Waals surface area (Å²) in [5.74, 6) is 1.51. The maximum Gasteiger partial charge on any atom is 0.289 e. The fraction of sp³-hybridized carbons (Fsp3) is 0.526. The quantitative estimate of drug-likeness (QED) is 0.856. The lowest BCUT2D eigenvalue weighted by atomic mass is 9.96. The molecule has 2 saturated heterocycles. The van der Waals surface area contributed by atoms with Crippen LogP contribution in [0.2, 0.25) is 0 Å². The van der Waals surface area contributed by atoms with Crippen LogP contribution in [-0.4, -0.2) is 50.5 Å². The molecule has 0 N–H and O–H groups in total. The van der Waals surface area contributed by atoms with Gasteiger partial charge in [-0.3, -0.25) is 4.79 Å². The number of benzene rings is 1. The van der Waals surface area contributed by atoms with Gasteiger partial charge in [-0.2, -0.15) is 0 Å². The van der Waals surface area contributed by atoms with E-state index >= 15 is 0 Å². The van der Waals surface area contributed by atoms with Gasteiger partial charge in [-0.1, -0.05) is 0 Å². The van der Waals surface area contributed by atoms with E-state index in [0.29, 0.717) is 43.6 Å². The summed E-state index contributed by atoms with van der Waals surface area (Å²) in [5, 5.41) is 0.922. The van der Waals surface area contributed by atoms with Crippen molar-refractivity contribution < 1.29 is 23.4 Å². The highest BCUT2D eigenvalue weighted by Gasteiger charge is 2.33. The van der Waals surface area contributed by atoms with Crippen molar-refractivity contribution >= 4 is 16.9 Å². The third kappa shape index (κ3) is 3.00. The number of carbonyl (C=O) groups is 1. The number of hydrogen-bond donors (Lipinski definition) is 0. The van der Waals surface area contributed by atoms with E-state index in [4.69, 9.17) is 18.6 Å². The molecule has 0 spiro atoms. The van der Waals surface area contributed by atoms with Gasteiger partial charge in [0.1, 0.15) is 11.3 Å². The van der Waals surface area contributed by atoms with E-state index in [1.54, 1.807) is 7.11 Å². The Kier molecular flexibility index (Phi) is 4.39. The molecular weight excluding hydrogens is 322 g/mol. The highest BCUT2D eigenvalue weighted by molar-refractivity contribution is 5.99. The van der Waals surface area contributed by atoms with Gasteiger partial charge in [0.05, 0.1) is 20.3 Å². The smallest absolute Gasteiger partial charge is 0.289 e. The molecule has 0 radical (unpaired) electrons. The van der Waals surface area contributed by atoms with Crippen molar-refractivity contribution in [2.24, 2.45) is 5.92 Å². The van der Waals surface area contributed by atoms with Gasteiger partial charge >= 0.3 is 0 Å². The van der Waals surface area contributed by atoms with E-state index in [1.807, 2.05) is 30.0 Å². The molecule has 3 heterocycles. The lowest BCUT2D eigenvalue weighted by molar-refractivity contribution is -0.0956. The summed E-state index contributed by atoms with van der Waals surface area (Å²) < 4.78 is 22.3. The van der Waals surface area contributed by atoms with Gasteiger partial charge in [-0.05, 0) is 38.0 Å². The van der Waals surface area contributed by atoms with E-state index in [2.05, 4.69) is 0 Å². The molecular formula is C19H23NO5. The average molecular weight is 345 g/mol. The summed E-state index contributed by atoms with van der Waals surface area (Å²) in [6.45, 7) is 4.67. The molecule has 1 aromatic heterocycles. The number of fused-ring (bicyclic) bond motifs is 1. The Hall–Kier alpha value is -2.05. The van der Waals surface area contributed by atoms with Gasteiger partial charge in [0.15, 0.2) is 12.1 Å². The van der Waals surface area contributed by atoms with Crippen molar-refractivity contribution in [3.63, 3.8) is 0 Å². The van der Waals surface area contributed by atoms with Crippen LogP contribution in [0.4, 0.5) is 0 Å². The van der Waals surface area contributed by atoms with Crippen molar-refractivity contribution in [1.82, 2.24) is 4.90 Å². The molecule has 2 aliphatic rings. The molecule has 0 atom stereocenters. The molecule has 2 fully saturated rings. The summed E-state index contributed by atoms with van der Waals surface area (Å²) in [7, 11) is 1.63. The van der Waals surface area contributed by atoms with E-state index in [9.17, 15) is 4.79 Å². The predicted molar refractivity (Wildman–Crippen MR) is 91.8 cm³/mol. The number of rotatable bonds is 3. The molecule has 0 unspecified atom stereocenters. The van der Waals surface area contributed by atoms with E-state index in [1.165, 1.54) is 0 Å². The minimum Gasteiger partial charge on any atom is -0.497 e. The van der Waals surface area contributed by atoms with Gasteiger partial charge in [-0.15, -0.1) is 0 Å². The van der Waals surface area contributed by atoms with E-state index < -0.39 is 0 Å². The molecule has 134 valence electrons. The normalized spacial score (nSPS) is 19.7. The maximum atomic E-state index is 12.9. The first-order valence-electron chi connectivity index (χ1n) is 8.77. The fourth-order valence-corrected chi connectivity index (χ4v) is 3.70. The third-order valence-corrected chi connectivity index (χ3v) is 5.20. The largest absolute Gasteiger partial charge is 0.497 e. The standard InChI is InChI=1S/C19H23NO5/c1-12-15-11-14(22-2)3-4-16(15)25-17(12)18(21)20-7-5-13(6-8-20)19-23-9-10-24-19/h3-4,11,13,19H,5-10H2,1-2H3. The zero-order valence-corrected chi connectivity index (χ0v) is 14.6. The lowest BCUT2D eigenvalue weighted by Gasteiger charge is -2.33. The molecule has 0 bridgehead atoms. The summed E-state index contributed by atoms with van der Waals surface area (Å²) in [6.07, 6.45) is 1.69. The van der Waals surface area contributed by atoms with Crippen LogP contribution in [0.1, 0.15) is 29.0 Å². The number of carbonyl (C=O) groups excluding carboxylic acids is 1. The van der Waals surface area contributed by atoms with Gasteiger partial charge in [-0.25, -0.2) is 0 Å². The predicted octanol–water partition coefficient (Wildman–Crippen LogP) is 2.97. The number of amides is 1. The first kappa shape index (κ1) is 16.4. The second-order valence-electron chi connectivity index (χ2n) is 6.66. The summed E-state index contributed by atoms with van der Waals surface area (Å²) in [4.78, 5) is 14.8. The van der Waals surface area contributed by atoms with Gasteiger partial charge in [0.2, 0.25) is 0 Å². The van der Waals surface area contributed by atoms with Crippen molar-refractivity contribution in [3.05, 3.63) is 29.5 Å². The highest BCUT2D eigenvalue weighted by atomic mass is 16.7. The molecule has 0 saturated carbocycles. The molecule has 2 aliphatic heterocycles. The fourth-order valence-electron chi connectivity index (χ4n) is 3.70. The van der Waals surface area contributed by atoms with Crippen LogP contribution in [0.3, 0.4) is 0 Å². The van der Waals surface area contributed by atoms with Crippen LogP contribution in [0.5, 0.6) is 5.75 Å². The third-order valence-electron chi connectivity index (χ3n) is 5.20. The summed E-state index contributed by atoms with van der Waals surface area (Å²) >= 11 is 0. The summed E-state index contributed by atoms with van der Waals surface area (Å²) in [6, 6.07) is 5.59. The number of aryl methyl sites for hydroxylation is 1. The van der Waals surface area contributed by atoms with Crippen LogP contribution in [-0.2, 0) is 9.47 Å². The number of furan rings is 1. The van der Waals surface area contributed by atoms with Crippen molar-refractivity contribution in [2.45, 2.75) is 26.1 Å². The van der Waals surface area contributed by atoms with Crippen LogP contribution in [0.25, 0.3) is 11.0 Å². The van der Waals surface area contributed by atoms with Crippen LogP contribution in [0.15, 0.2) is 22.6 Å². The van der Waals surface area contributed by atoms with Gasteiger partial charge < -0.3 is 23.5 Å². The minimum absolute atomic E-state index is 0.0422. The molecule has 6 nitrogen and oxygen atoms in total. The maximum absolute atomic E-state index is 12.9. The van der Waals surface area contributed by atoms with Crippen molar-refractivity contribution in [1.29, 1.82) is 0 Å². The molecule has 2 aromatic rings. The number of hydrogen-bond acceptors (Lipinski definition) is 5. The van der Waals surface area contributed by atoms with Crippen LogP contribution in [0, 0.1) is 12.8 Å². The number of nitrogens with zero attached hydrogens (tertiary/aromatic N) is 1. The Balaban J connectivity index is 1.49. The van der Waals surface area contributed by atoms with Crippen LogP contribution >= 0.6 is 0 Å². The first-order chi connectivity index (χ1) is 12.2. The molecule has 4 rings (SSSR count). The number of ether oxygens (including phenoxy) is 3. The Morgan fingerprint density at radius 2 is 1.92 bits per heavy atom. The zero-order valence-electron chi connectivity index (χ0n) is 14.6. The van der Waals surface area contributed by atoms with Gasteiger partial charge in [0, 0.05) is 30.0 Å². The second kappa shape index (κ2) is 6.69. The monoisotopic (exact) mass is 345 g/mol. The number of piperidine rings is 1. The highest BCUT2D eigenvalue weighted by Crippen LogP contribution is 2.31. The SMILES string of the molecule is COc1ccc2oc(C(=O)N3CCC(C4OCCO4)CC3)c(C)c2c1. The van der Waals surface area contributed by atoms with Crippen molar-refractivity contribution in [3.8, 4) is 5.75 Å². The number of methoxy groups -OCH3 is 1. The Bertz CT molecular complexity index is 769. The molecule has 1 amide bonds. The summed E-state index contributed by atoms with van der Waals surface area (Å²) in [5.41, 5.74) is 1.58. The Labute approximate surface area is 146 Å². The minimum atomic E-state index is -0.0994. The molecule has 6 heteroatoms. The van der Waals surface area contributed by atoms with Crippen LogP contribution < -0.4 is 4.74 Å².